The summed E-state index contributed by atoms with van der Waals surface area (Å²) >= 11 is 17.0. The highest BCUT2D eigenvalue weighted by Gasteiger charge is 2.42. The molecule has 0 aliphatic carbocycles. The summed E-state index contributed by atoms with van der Waals surface area (Å²) in [6.07, 6.45) is -10.9. The van der Waals surface area contributed by atoms with E-state index in [0.29, 0.717) is 28.2 Å². The molecule has 21 heteroatoms. The maximum atomic E-state index is 13.0. The van der Waals surface area contributed by atoms with Crippen molar-refractivity contribution in [2.24, 2.45) is 5.92 Å². The zero-order valence-corrected chi connectivity index (χ0v) is 32.3. The van der Waals surface area contributed by atoms with Crippen molar-refractivity contribution in [3.8, 4) is 17.6 Å². The monoisotopic (exact) mass is 883 g/mol. The first-order valence-corrected chi connectivity index (χ1v) is 17.7. The van der Waals surface area contributed by atoms with Crippen LogP contribution < -0.4 is 10.1 Å². The minimum atomic E-state index is -5.27. The van der Waals surface area contributed by atoms with Crippen molar-refractivity contribution in [1.29, 1.82) is 5.26 Å². The molecule has 4 aromatic carbocycles. The van der Waals surface area contributed by atoms with Gasteiger partial charge in [-0.1, -0.05) is 91.1 Å². The normalized spacial score (nSPS) is 12.3. The van der Waals surface area contributed by atoms with Crippen molar-refractivity contribution >= 4 is 63.7 Å². The van der Waals surface area contributed by atoms with Gasteiger partial charge in [0.1, 0.15) is 28.4 Å². The molecule has 0 bridgehead atoms. The van der Waals surface area contributed by atoms with E-state index in [4.69, 9.17) is 44.3 Å². The van der Waals surface area contributed by atoms with Crippen LogP contribution in [0.1, 0.15) is 48.1 Å². The molecule has 5 rings (SSSR count). The molecule has 0 aliphatic heterocycles. The molecule has 0 aliphatic rings. The number of carbonyl (C=O) groups excluding carboxylic acids is 1. The van der Waals surface area contributed by atoms with Gasteiger partial charge in [0.2, 0.25) is 6.10 Å². The molecule has 59 heavy (non-hydrogen) atoms. The SMILES string of the molecule is CC(C)C(C(=O)OC(C#N)c1cccc(Oc2ccccc2)c1)c1ccc(Cl)cc1.O=[N+]([O-])c1cc(C(F)(F)F)c(Cl)c([N+](=O)[O-])c1Nc1ncc(C(F)(F)F)cc1Cl. The molecule has 2 unspecified atom stereocenters. The summed E-state index contributed by atoms with van der Waals surface area (Å²) < 4.78 is 88.5. The number of nitro benzene ring substituents is 2. The van der Waals surface area contributed by atoms with Gasteiger partial charge in [0.15, 0.2) is 5.69 Å². The van der Waals surface area contributed by atoms with Crippen LogP contribution in [0.2, 0.25) is 15.1 Å². The number of para-hydroxylation sites is 1. The Morgan fingerprint density at radius 2 is 1.46 bits per heavy atom. The van der Waals surface area contributed by atoms with Crippen molar-refractivity contribution < 1.29 is 50.5 Å². The van der Waals surface area contributed by atoms with Crippen LogP contribution in [0.15, 0.2) is 97.2 Å². The first kappa shape index (κ1) is 45.5. The van der Waals surface area contributed by atoms with Gasteiger partial charge < -0.3 is 14.8 Å². The van der Waals surface area contributed by atoms with Gasteiger partial charge in [0, 0.05) is 22.8 Å². The van der Waals surface area contributed by atoms with Gasteiger partial charge in [-0.15, -0.1) is 0 Å². The van der Waals surface area contributed by atoms with E-state index in [1.807, 2.05) is 61.6 Å². The average molecular weight is 885 g/mol. The number of nitrogens with zero attached hydrogens (tertiary/aromatic N) is 4. The second-order valence-corrected chi connectivity index (χ2v) is 13.6. The minimum absolute atomic E-state index is 0.00855. The number of alkyl halides is 6. The van der Waals surface area contributed by atoms with Crippen LogP contribution in [-0.4, -0.2) is 20.8 Å². The van der Waals surface area contributed by atoms with Crippen LogP contribution in [0.25, 0.3) is 0 Å². The number of pyridine rings is 1. The third-order valence-corrected chi connectivity index (χ3v) is 8.88. The molecule has 1 heterocycles. The van der Waals surface area contributed by atoms with Gasteiger partial charge >= 0.3 is 29.7 Å². The number of rotatable bonds is 11. The summed E-state index contributed by atoms with van der Waals surface area (Å²) in [6.45, 7) is 3.88. The van der Waals surface area contributed by atoms with Gasteiger partial charge in [0.05, 0.1) is 31.9 Å². The molecule has 0 fully saturated rings. The lowest BCUT2D eigenvalue weighted by atomic mass is 9.88. The lowest BCUT2D eigenvalue weighted by Gasteiger charge is -2.22. The Morgan fingerprint density at radius 1 is 0.831 bits per heavy atom. The molecule has 1 N–H and O–H groups in total. The highest BCUT2D eigenvalue weighted by Crippen LogP contribution is 2.49. The topological polar surface area (TPSA) is 171 Å². The molecule has 0 radical (unpaired) electrons. The number of nitro groups is 2. The van der Waals surface area contributed by atoms with Crippen molar-refractivity contribution in [2.75, 3.05) is 5.32 Å². The predicted octanol–water partition coefficient (Wildman–Crippen LogP) is 12.7. The van der Waals surface area contributed by atoms with Crippen LogP contribution in [0.5, 0.6) is 11.5 Å². The summed E-state index contributed by atoms with van der Waals surface area (Å²) in [5.41, 5.74) is -5.91. The van der Waals surface area contributed by atoms with E-state index in [0.717, 1.165) is 5.56 Å². The van der Waals surface area contributed by atoms with E-state index in [1.165, 1.54) is 0 Å². The van der Waals surface area contributed by atoms with Crippen LogP contribution in [0, 0.1) is 37.5 Å². The molecule has 0 amide bonds. The third-order valence-electron chi connectivity index (χ3n) is 7.96. The second kappa shape index (κ2) is 19.1. The van der Waals surface area contributed by atoms with Gasteiger partial charge in [-0.25, -0.2) is 4.98 Å². The van der Waals surface area contributed by atoms with E-state index in [1.54, 1.807) is 36.4 Å². The lowest BCUT2D eigenvalue weighted by molar-refractivity contribution is -0.392. The fourth-order valence-corrected chi connectivity index (χ4v) is 5.93. The summed E-state index contributed by atoms with van der Waals surface area (Å²) in [7, 11) is 0. The molecule has 12 nitrogen and oxygen atoms in total. The molecule has 1 aromatic heterocycles. The fraction of sp³-hybridized carbons (Fsp3) is 0.184. The van der Waals surface area contributed by atoms with E-state index in [2.05, 4.69) is 11.1 Å². The van der Waals surface area contributed by atoms with Crippen molar-refractivity contribution in [3.63, 3.8) is 0 Å². The van der Waals surface area contributed by atoms with Crippen LogP contribution in [-0.2, 0) is 21.9 Å². The maximum absolute atomic E-state index is 13.0. The van der Waals surface area contributed by atoms with Crippen molar-refractivity contribution in [1.82, 2.24) is 4.98 Å². The van der Waals surface area contributed by atoms with Crippen molar-refractivity contribution in [3.05, 3.63) is 155 Å². The Balaban J connectivity index is 0.000000261. The molecule has 308 valence electrons. The smallest absolute Gasteiger partial charge is 0.418 e. The molecule has 0 saturated carbocycles. The van der Waals surface area contributed by atoms with Crippen molar-refractivity contribution in [2.45, 2.75) is 38.2 Å². The predicted molar refractivity (Wildman–Crippen MR) is 204 cm³/mol. The standard InChI is InChI=1S/C25H22ClNO3.C13H4Cl2F6N4O4/c1-17(2)24(18-11-13-20(26)14-12-18)25(28)30-23(16-27)19-7-6-10-22(15-19)29-21-8-4-3-5-9-21;14-6-1-4(12(16,17)18)3-22-11(6)23-9-7(24(26)27)2-5(13(19,20)21)8(15)10(9)25(28)29/h3-15,17,23-24H,1-2H3;1-3H,(H,22,23). The van der Waals surface area contributed by atoms with E-state index in [-0.39, 0.29) is 18.2 Å². The van der Waals surface area contributed by atoms with Crippen LogP contribution in [0.4, 0.5) is 49.2 Å². The van der Waals surface area contributed by atoms with Gasteiger partial charge in [-0.3, -0.25) is 25.0 Å². The van der Waals surface area contributed by atoms with E-state index >= 15 is 0 Å². The minimum Gasteiger partial charge on any atom is -0.457 e. The zero-order valence-electron chi connectivity index (χ0n) is 30.0. The average Bonchev–Trinajstić information content (AvgIpc) is 3.15. The Kier molecular flexibility index (Phi) is 14.7. The fourth-order valence-electron chi connectivity index (χ4n) is 5.27. The number of nitrogens with one attached hydrogen (secondary N) is 1. The Labute approximate surface area is 345 Å². The van der Waals surface area contributed by atoms with Gasteiger partial charge in [-0.05, 0) is 53.9 Å². The largest absolute Gasteiger partial charge is 0.457 e. The summed E-state index contributed by atoms with van der Waals surface area (Å²) in [6, 6.07) is 25.8. The second-order valence-electron chi connectivity index (χ2n) is 12.4. The van der Waals surface area contributed by atoms with Gasteiger partial charge in [-0.2, -0.15) is 31.6 Å². The third kappa shape index (κ3) is 11.7. The van der Waals surface area contributed by atoms with Crippen LogP contribution >= 0.6 is 34.8 Å². The number of hydrogen-bond donors (Lipinski definition) is 1. The number of esters is 1. The molecule has 5 aromatic rings. The molecule has 0 spiro atoms. The highest BCUT2D eigenvalue weighted by atomic mass is 35.5. The molecular weight excluding hydrogens is 859 g/mol. The first-order chi connectivity index (χ1) is 27.6. The molecule has 0 saturated heterocycles. The number of ether oxygens (including phenoxy) is 2. The summed E-state index contributed by atoms with van der Waals surface area (Å²) in [4.78, 5) is 35.8. The quantitative estimate of drug-likeness (QED) is 0.0582. The number of aromatic nitrogens is 1. The number of halogens is 9. The Morgan fingerprint density at radius 3 is 1.98 bits per heavy atom. The summed E-state index contributed by atoms with van der Waals surface area (Å²) in [5.74, 6) is -0.432. The number of anilines is 2. The lowest BCUT2D eigenvalue weighted by Crippen LogP contribution is -2.22. The zero-order chi connectivity index (χ0) is 43.8. The highest BCUT2D eigenvalue weighted by molar-refractivity contribution is 6.35. The Hall–Kier alpha value is -6.16. The molecular formula is C38H26Cl3F6N5O7. The number of hydrogen-bond acceptors (Lipinski definition) is 10. The Bertz CT molecular complexity index is 2380. The van der Waals surface area contributed by atoms with E-state index < -0.39 is 84.2 Å². The number of benzene rings is 4. The van der Waals surface area contributed by atoms with Gasteiger partial charge in [0.25, 0.3) is 0 Å². The van der Waals surface area contributed by atoms with E-state index in [9.17, 15) is 56.6 Å². The maximum Gasteiger partial charge on any atom is 0.418 e. The van der Waals surface area contributed by atoms with Crippen LogP contribution in [0.3, 0.4) is 0 Å². The first-order valence-electron chi connectivity index (χ1n) is 16.5. The molecule has 2 atom stereocenters. The summed E-state index contributed by atoms with van der Waals surface area (Å²) in [5, 5.41) is 32.4. The number of carbonyl (C=O) groups is 1. The number of nitriles is 1.